The van der Waals surface area contributed by atoms with Gasteiger partial charge in [-0.25, -0.2) is 14.4 Å². The molecule has 1 rings (SSSR count). The lowest BCUT2D eigenvalue weighted by Gasteiger charge is -2.28. The minimum atomic E-state index is -0.943. The van der Waals surface area contributed by atoms with Gasteiger partial charge in [-0.1, -0.05) is 0 Å². The van der Waals surface area contributed by atoms with Crippen molar-refractivity contribution >= 4 is 50.4 Å². The molecule has 1 heterocycles. The van der Waals surface area contributed by atoms with Crippen LogP contribution in [0.2, 0.25) is 0 Å². The standard InChI is InChI=1S/C16H22BrNO6S/c1-15(2,3)23-13(20)18(14(21)24-16(4,5)6)11-9(12(19)22-7)8-10(17)25-11/h8H,1-7H3. The SMILES string of the molecule is COC(=O)c1cc(Br)sc1N(C(=O)OC(C)(C)C)C(=O)OC(C)(C)C. The molecule has 0 aliphatic rings. The van der Waals surface area contributed by atoms with Gasteiger partial charge in [-0.3, -0.25) is 0 Å². The molecular formula is C16H22BrNO6S. The number of hydrogen-bond acceptors (Lipinski definition) is 7. The normalized spacial score (nSPS) is 11.7. The molecule has 0 aliphatic heterocycles. The molecule has 7 nitrogen and oxygen atoms in total. The zero-order valence-corrected chi connectivity index (χ0v) is 17.7. The molecular weight excluding hydrogens is 414 g/mol. The molecule has 2 amide bonds. The predicted molar refractivity (Wildman–Crippen MR) is 98.3 cm³/mol. The molecule has 0 spiro atoms. The highest BCUT2D eigenvalue weighted by molar-refractivity contribution is 9.11. The average molecular weight is 436 g/mol. The fraction of sp³-hybridized carbons (Fsp3) is 0.562. The Labute approximate surface area is 159 Å². The van der Waals surface area contributed by atoms with Gasteiger partial charge < -0.3 is 14.2 Å². The molecule has 0 N–H and O–H groups in total. The number of carbonyl (C=O) groups is 3. The van der Waals surface area contributed by atoms with Crippen LogP contribution in [0.15, 0.2) is 9.85 Å². The van der Waals surface area contributed by atoms with Gasteiger partial charge in [0.15, 0.2) is 0 Å². The van der Waals surface area contributed by atoms with E-state index in [9.17, 15) is 14.4 Å². The third-order valence-corrected chi connectivity index (χ3v) is 4.07. The minimum Gasteiger partial charge on any atom is -0.465 e. The highest BCUT2D eigenvalue weighted by atomic mass is 79.9. The molecule has 0 bridgehead atoms. The Bertz CT molecular complexity index is 643. The first-order valence-corrected chi connectivity index (χ1v) is 9.00. The van der Waals surface area contributed by atoms with Crippen LogP contribution < -0.4 is 4.90 Å². The van der Waals surface area contributed by atoms with E-state index in [2.05, 4.69) is 15.9 Å². The van der Waals surface area contributed by atoms with Gasteiger partial charge in [0.2, 0.25) is 0 Å². The summed E-state index contributed by atoms with van der Waals surface area (Å²) in [5.41, 5.74) is -1.62. The molecule has 140 valence electrons. The maximum Gasteiger partial charge on any atom is 0.425 e. The molecule has 0 atom stereocenters. The van der Waals surface area contributed by atoms with Gasteiger partial charge in [0.1, 0.15) is 16.2 Å². The summed E-state index contributed by atoms with van der Waals surface area (Å²) in [6.07, 6.45) is -1.89. The summed E-state index contributed by atoms with van der Waals surface area (Å²) in [5, 5.41) is 0.0576. The van der Waals surface area contributed by atoms with Crippen molar-refractivity contribution in [2.75, 3.05) is 12.0 Å². The number of ether oxygens (including phenoxy) is 3. The van der Waals surface area contributed by atoms with Crippen LogP contribution >= 0.6 is 27.3 Å². The summed E-state index contributed by atoms with van der Waals surface area (Å²) in [6.45, 7) is 10.0. The zero-order chi connectivity index (χ0) is 19.6. The minimum absolute atomic E-state index is 0.0519. The van der Waals surface area contributed by atoms with Crippen LogP contribution in [0.1, 0.15) is 51.9 Å². The van der Waals surface area contributed by atoms with Crippen LogP contribution in [0.25, 0.3) is 0 Å². The summed E-state index contributed by atoms with van der Waals surface area (Å²) in [6, 6.07) is 1.47. The fourth-order valence-electron chi connectivity index (χ4n) is 1.63. The van der Waals surface area contributed by atoms with Gasteiger partial charge in [-0.15, -0.1) is 11.3 Å². The molecule has 0 radical (unpaired) electrons. The number of imide groups is 1. The van der Waals surface area contributed by atoms with Gasteiger partial charge in [-0.2, -0.15) is 4.90 Å². The van der Waals surface area contributed by atoms with E-state index in [4.69, 9.17) is 14.2 Å². The van der Waals surface area contributed by atoms with Crippen LogP contribution in [0.4, 0.5) is 14.6 Å². The maximum atomic E-state index is 12.6. The lowest BCUT2D eigenvalue weighted by atomic mass is 10.2. The Morgan fingerprint density at radius 2 is 1.44 bits per heavy atom. The van der Waals surface area contributed by atoms with Crippen LogP contribution in [0.3, 0.4) is 0 Å². The molecule has 25 heavy (non-hydrogen) atoms. The quantitative estimate of drug-likeness (QED) is 0.481. The first-order chi connectivity index (χ1) is 11.2. The second-order valence-electron chi connectivity index (χ2n) is 7.06. The van der Waals surface area contributed by atoms with E-state index < -0.39 is 29.4 Å². The molecule has 9 heteroatoms. The smallest absolute Gasteiger partial charge is 0.425 e. The molecule has 1 aromatic rings. The molecule has 0 unspecified atom stereocenters. The molecule has 0 saturated heterocycles. The van der Waals surface area contributed by atoms with Crippen molar-refractivity contribution in [2.45, 2.75) is 52.7 Å². The first-order valence-electron chi connectivity index (χ1n) is 7.39. The zero-order valence-electron chi connectivity index (χ0n) is 15.3. The summed E-state index contributed by atoms with van der Waals surface area (Å²) in [5.74, 6) is -0.686. The summed E-state index contributed by atoms with van der Waals surface area (Å²) in [7, 11) is 1.21. The molecule has 1 aromatic heterocycles. The number of esters is 1. The Balaban J connectivity index is 3.39. The van der Waals surface area contributed by atoms with Crippen LogP contribution in [-0.4, -0.2) is 36.5 Å². The number of carbonyl (C=O) groups excluding carboxylic acids is 3. The summed E-state index contributed by atoms with van der Waals surface area (Å²) < 4.78 is 15.8. The number of nitrogens with zero attached hydrogens (tertiary/aromatic N) is 1. The van der Waals surface area contributed by atoms with E-state index >= 15 is 0 Å². The van der Waals surface area contributed by atoms with Gasteiger partial charge >= 0.3 is 18.2 Å². The van der Waals surface area contributed by atoms with E-state index in [0.717, 1.165) is 11.3 Å². The number of thiophene rings is 1. The number of halogens is 1. The van der Waals surface area contributed by atoms with Crippen molar-refractivity contribution in [2.24, 2.45) is 0 Å². The second kappa shape index (κ2) is 7.74. The molecule has 0 fully saturated rings. The van der Waals surface area contributed by atoms with Gasteiger partial charge in [0, 0.05) is 0 Å². The van der Waals surface area contributed by atoms with E-state index in [-0.39, 0.29) is 10.6 Å². The lowest BCUT2D eigenvalue weighted by Crippen LogP contribution is -2.44. The van der Waals surface area contributed by atoms with E-state index in [1.165, 1.54) is 13.2 Å². The third kappa shape index (κ3) is 6.32. The number of rotatable bonds is 2. The van der Waals surface area contributed by atoms with Gasteiger partial charge in [0.05, 0.1) is 16.5 Å². The maximum absolute atomic E-state index is 12.6. The Morgan fingerprint density at radius 1 is 1.00 bits per heavy atom. The number of hydrogen-bond donors (Lipinski definition) is 0. The van der Waals surface area contributed by atoms with Gasteiger partial charge in [-0.05, 0) is 63.5 Å². The van der Waals surface area contributed by atoms with E-state index in [1.54, 1.807) is 41.5 Å². The number of amides is 2. The van der Waals surface area contributed by atoms with Crippen molar-refractivity contribution in [3.63, 3.8) is 0 Å². The largest absolute Gasteiger partial charge is 0.465 e. The Kier molecular flexibility index (Phi) is 6.63. The van der Waals surface area contributed by atoms with Crippen LogP contribution in [0.5, 0.6) is 0 Å². The molecule has 0 aromatic carbocycles. The molecule has 0 aliphatic carbocycles. The fourth-order valence-corrected chi connectivity index (χ4v) is 3.17. The second-order valence-corrected chi connectivity index (χ2v) is 9.47. The van der Waals surface area contributed by atoms with Crippen molar-refractivity contribution in [1.29, 1.82) is 0 Å². The van der Waals surface area contributed by atoms with E-state index in [1.807, 2.05) is 0 Å². The highest BCUT2D eigenvalue weighted by Crippen LogP contribution is 2.37. The Morgan fingerprint density at radius 3 is 1.80 bits per heavy atom. The van der Waals surface area contributed by atoms with Crippen molar-refractivity contribution in [3.8, 4) is 0 Å². The monoisotopic (exact) mass is 435 g/mol. The van der Waals surface area contributed by atoms with Crippen LogP contribution in [0, 0.1) is 0 Å². The van der Waals surface area contributed by atoms with Crippen molar-refractivity contribution < 1.29 is 28.6 Å². The lowest BCUT2D eigenvalue weighted by molar-refractivity contribution is 0.0432. The number of anilines is 1. The van der Waals surface area contributed by atoms with Crippen LogP contribution in [-0.2, 0) is 14.2 Å². The predicted octanol–water partition coefficient (Wildman–Crippen LogP) is 4.97. The summed E-state index contributed by atoms with van der Waals surface area (Å²) in [4.78, 5) is 37.9. The number of methoxy groups -OCH3 is 1. The molecule has 0 saturated carbocycles. The highest BCUT2D eigenvalue weighted by Gasteiger charge is 2.36. The average Bonchev–Trinajstić information content (AvgIpc) is 2.75. The third-order valence-electron chi connectivity index (χ3n) is 2.44. The van der Waals surface area contributed by atoms with Crippen molar-refractivity contribution in [3.05, 3.63) is 15.4 Å². The van der Waals surface area contributed by atoms with Crippen molar-refractivity contribution in [1.82, 2.24) is 0 Å². The summed E-state index contributed by atoms with van der Waals surface area (Å²) >= 11 is 4.26. The van der Waals surface area contributed by atoms with E-state index in [0.29, 0.717) is 8.69 Å². The van der Waals surface area contributed by atoms with Gasteiger partial charge in [0.25, 0.3) is 0 Å². The Hall–Kier alpha value is -1.61. The first kappa shape index (κ1) is 21.4. The topological polar surface area (TPSA) is 82.1 Å².